The number of rotatable bonds is 4. The Hall–Kier alpha value is -1.85. The number of para-hydroxylation sites is 1. The predicted octanol–water partition coefficient (Wildman–Crippen LogP) is 2.85. The highest BCUT2D eigenvalue weighted by Gasteiger charge is 2.26. The summed E-state index contributed by atoms with van der Waals surface area (Å²) in [5, 5.41) is 7.54. The van der Waals surface area contributed by atoms with Crippen LogP contribution >= 0.6 is 12.4 Å². The minimum Gasteiger partial charge on any atom is -0.349 e. The van der Waals surface area contributed by atoms with E-state index in [1.165, 1.54) is 6.42 Å². The number of carbonyl (C=O) groups excluding carboxylic acids is 1. The van der Waals surface area contributed by atoms with Crippen molar-refractivity contribution in [3.05, 3.63) is 47.8 Å². The molecule has 1 aliphatic carbocycles. The molecule has 2 unspecified atom stereocenters. The summed E-state index contributed by atoms with van der Waals surface area (Å²) in [6.45, 7) is 2.56. The van der Waals surface area contributed by atoms with Gasteiger partial charge in [0.1, 0.15) is 0 Å². The molecule has 0 radical (unpaired) electrons. The van der Waals surface area contributed by atoms with Crippen molar-refractivity contribution in [3.8, 4) is 5.69 Å². The topological polar surface area (TPSA) is 72.9 Å². The third-order valence-electron chi connectivity index (χ3n) is 4.78. The van der Waals surface area contributed by atoms with E-state index in [-0.39, 0.29) is 24.4 Å². The number of hydrogen-bond acceptors (Lipinski definition) is 3. The molecule has 1 aromatic carbocycles. The number of carbonyl (C=O) groups is 1. The van der Waals surface area contributed by atoms with Crippen LogP contribution in [0, 0.1) is 12.8 Å². The molecule has 0 saturated heterocycles. The largest absolute Gasteiger partial charge is 0.349 e. The molecule has 130 valence electrons. The maximum Gasteiger partial charge on any atom is 0.254 e. The molecule has 3 N–H and O–H groups in total. The SMILES string of the molecule is Cc1c(C(=O)NC2CCCCC2CN)cnn1-c1ccccc1.Cl. The molecule has 24 heavy (non-hydrogen) atoms. The van der Waals surface area contributed by atoms with Crippen molar-refractivity contribution < 1.29 is 4.79 Å². The summed E-state index contributed by atoms with van der Waals surface area (Å²) in [6.07, 6.45) is 6.13. The van der Waals surface area contributed by atoms with Crippen LogP contribution in [0.25, 0.3) is 5.69 Å². The summed E-state index contributed by atoms with van der Waals surface area (Å²) >= 11 is 0. The molecule has 1 fully saturated rings. The van der Waals surface area contributed by atoms with E-state index < -0.39 is 0 Å². The van der Waals surface area contributed by atoms with E-state index in [4.69, 9.17) is 5.73 Å². The van der Waals surface area contributed by atoms with Gasteiger partial charge in [0.25, 0.3) is 5.91 Å². The van der Waals surface area contributed by atoms with Crippen LogP contribution in [0.2, 0.25) is 0 Å². The maximum absolute atomic E-state index is 12.6. The van der Waals surface area contributed by atoms with Gasteiger partial charge in [0, 0.05) is 6.04 Å². The summed E-state index contributed by atoms with van der Waals surface area (Å²) in [4.78, 5) is 12.6. The Morgan fingerprint density at radius 2 is 2.00 bits per heavy atom. The zero-order valence-corrected chi connectivity index (χ0v) is 14.8. The molecule has 6 heteroatoms. The van der Waals surface area contributed by atoms with Gasteiger partial charge in [-0.05, 0) is 44.4 Å². The van der Waals surface area contributed by atoms with Crippen molar-refractivity contribution in [2.75, 3.05) is 6.54 Å². The lowest BCUT2D eigenvalue weighted by atomic mass is 9.84. The number of nitrogens with one attached hydrogen (secondary N) is 1. The molecule has 1 heterocycles. The summed E-state index contributed by atoms with van der Waals surface area (Å²) in [5.41, 5.74) is 8.30. The Labute approximate surface area is 149 Å². The zero-order chi connectivity index (χ0) is 16.2. The van der Waals surface area contributed by atoms with Gasteiger partial charge in [0.15, 0.2) is 0 Å². The van der Waals surface area contributed by atoms with Crippen molar-refractivity contribution in [2.45, 2.75) is 38.6 Å². The number of amides is 1. The van der Waals surface area contributed by atoms with Crippen LogP contribution in [0.5, 0.6) is 0 Å². The molecule has 5 nitrogen and oxygen atoms in total. The fourth-order valence-corrected chi connectivity index (χ4v) is 3.39. The van der Waals surface area contributed by atoms with Crippen molar-refractivity contribution >= 4 is 18.3 Å². The van der Waals surface area contributed by atoms with Crippen LogP contribution in [0.3, 0.4) is 0 Å². The van der Waals surface area contributed by atoms with E-state index >= 15 is 0 Å². The zero-order valence-electron chi connectivity index (χ0n) is 13.9. The third-order valence-corrected chi connectivity index (χ3v) is 4.78. The second-order valence-corrected chi connectivity index (χ2v) is 6.25. The molecule has 3 rings (SSSR count). The van der Waals surface area contributed by atoms with Gasteiger partial charge in [-0.15, -0.1) is 12.4 Å². The third kappa shape index (κ3) is 3.79. The van der Waals surface area contributed by atoms with Gasteiger partial charge >= 0.3 is 0 Å². The molecular weight excluding hydrogens is 324 g/mol. The van der Waals surface area contributed by atoms with Crippen LogP contribution in [0.15, 0.2) is 36.5 Å². The highest BCUT2D eigenvalue weighted by atomic mass is 35.5. The molecule has 0 bridgehead atoms. The van der Waals surface area contributed by atoms with Gasteiger partial charge in [-0.1, -0.05) is 31.0 Å². The Balaban J connectivity index is 0.00000208. The first-order chi connectivity index (χ1) is 11.2. The van der Waals surface area contributed by atoms with Crippen LogP contribution in [0.1, 0.15) is 41.7 Å². The van der Waals surface area contributed by atoms with Crippen molar-refractivity contribution in [3.63, 3.8) is 0 Å². The Kier molecular flexibility index (Phi) is 6.40. The quantitative estimate of drug-likeness (QED) is 0.892. The lowest BCUT2D eigenvalue weighted by Crippen LogP contribution is -2.44. The fraction of sp³-hybridized carbons (Fsp3) is 0.444. The highest BCUT2D eigenvalue weighted by molar-refractivity contribution is 5.95. The summed E-state index contributed by atoms with van der Waals surface area (Å²) in [7, 11) is 0. The molecule has 1 aromatic heterocycles. The summed E-state index contributed by atoms with van der Waals surface area (Å²) in [5.74, 6) is 0.340. The van der Waals surface area contributed by atoms with Crippen molar-refractivity contribution in [2.24, 2.45) is 11.7 Å². The number of benzene rings is 1. The first-order valence-electron chi connectivity index (χ1n) is 8.31. The number of nitrogens with two attached hydrogens (primary N) is 1. The van der Waals surface area contributed by atoms with Crippen molar-refractivity contribution in [1.82, 2.24) is 15.1 Å². The van der Waals surface area contributed by atoms with E-state index in [0.717, 1.165) is 30.6 Å². The molecule has 0 aliphatic heterocycles. The number of halogens is 1. The minimum atomic E-state index is -0.0463. The summed E-state index contributed by atoms with van der Waals surface area (Å²) in [6, 6.07) is 10.0. The standard InChI is InChI=1S/C18H24N4O.ClH/c1-13-16(12-20-22(13)15-8-3-2-4-9-15)18(23)21-17-10-6-5-7-14(17)11-19;/h2-4,8-9,12,14,17H,5-7,10-11,19H2,1H3,(H,21,23);1H. The van der Waals surface area contributed by atoms with Gasteiger partial charge < -0.3 is 11.1 Å². The molecule has 0 spiro atoms. The van der Waals surface area contributed by atoms with Crippen LogP contribution in [0.4, 0.5) is 0 Å². The lowest BCUT2D eigenvalue weighted by molar-refractivity contribution is 0.0907. The molecule has 1 amide bonds. The molecule has 1 aliphatic rings. The van der Waals surface area contributed by atoms with E-state index in [1.807, 2.05) is 37.3 Å². The van der Waals surface area contributed by atoms with Gasteiger partial charge in [0.05, 0.1) is 23.1 Å². The lowest BCUT2D eigenvalue weighted by Gasteiger charge is -2.31. The van der Waals surface area contributed by atoms with Gasteiger partial charge in [0.2, 0.25) is 0 Å². The summed E-state index contributed by atoms with van der Waals surface area (Å²) < 4.78 is 1.80. The van der Waals surface area contributed by atoms with Crippen LogP contribution < -0.4 is 11.1 Å². The molecular formula is C18H25ClN4O. The predicted molar refractivity (Wildman–Crippen MR) is 97.8 cm³/mol. The van der Waals surface area contributed by atoms with E-state index in [9.17, 15) is 4.79 Å². The van der Waals surface area contributed by atoms with Gasteiger partial charge in [-0.3, -0.25) is 4.79 Å². The molecule has 1 saturated carbocycles. The Bertz CT molecular complexity index is 671. The van der Waals surface area contributed by atoms with Crippen LogP contribution in [-0.4, -0.2) is 28.3 Å². The Morgan fingerprint density at radius 3 is 2.71 bits per heavy atom. The minimum absolute atomic E-state index is 0. The fourth-order valence-electron chi connectivity index (χ4n) is 3.39. The van der Waals surface area contributed by atoms with Gasteiger partial charge in [-0.25, -0.2) is 4.68 Å². The first-order valence-corrected chi connectivity index (χ1v) is 8.31. The molecule has 2 aromatic rings. The smallest absolute Gasteiger partial charge is 0.254 e. The monoisotopic (exact) mass is 348 g/mol. The average Bonchev–Trinajstić information content (AvgIpc) is 2.98. The molecule has 2 atom stereocenters. The number of aromatic nitrogens is 2. The van der Waals surface area contributed by atoms with Gasteiger partial charge in [-0.2, -0.15) is 5.10 Å². The first kappa shape index (κ1) is 18.5. The van der Waals surface area contributed by atoms with Crippen molar-refractivity contribution in [1.29, 1.82) is 0 Å². The maximum atomic E-state index is 12.6. The average molecular weight is 349 g/mol. The number of nitrogens with zero attached hydrogens (tertiary/aromatic N) is 2. The van der Waals surface area contributed by atoms with E-state index in [0.29, 0.717) is 18.0 Å². The second-order valence-electron chi connectivity index (χ2n) is 6.25. The number of hydrogen-bond donors (Lipinski definition) is 2. The van der Waals surface area contributed by atoms with E-state index in [2.05, 4.69) is 10.4 Å². The normalized spacial score (nSPS) is 20.2. The Morgan fingerprint density at radius 1 is 1.29 bits per heavy atom. The van der Waals surface area contributed by atoms with Crippen LogP contribution in [-0.2, 0) is 0 Å². The second kappa shape index (κ2) is 8.31. The highest BCUT2D eigenvalue weighted by Crippen LogP contribution is 2.24. The van der Waals surface area contributed by atoms with E-state index in [1.54, 1.807) is 10.9 Å².